The van der Waals surface area contributed by atoms with E-state index in [2.05, 4.69) is 4.90 Å². The molecule has 9 heteroatoms. The number of benzene rings is 2. The Morgan fingerprint density at radius 3 is 2.53 bits per heavy atom. The quantitative estimate of drug-likeness (QED) is 0.705. The van der Waals surface area contributed by atoms with Crippen LogP contribution in [0, 0.1) is 0 Å². The molecular weight excluding hydrogens is 432 g/mol. The Labute approximate surface area is 190 Å². The van der Waals surface area contributed by atoms with Crippen LogP contribution in [0.4, 0.5) is 5.69 Å². The molecule has 1 fully saturated rings. The van der Waals surface area contributed by atoms with Gasteiger partial charge in [0.2, 0.25) is 5.91 Å². The highest BCUT2D eigenvalue weighted by atomic mass is 32.2. The van der Waals surface area contributed by atoms with Crippen LogP contribution >= 0.6 is 11.8 Å². The summed E-state index contributed by atoms with van der Waals surface area (Å²) in [4.78, 5) is 30.0. The SMILES string of the molecule is COc1ccc2c(c1)SC(CC(=O)N1CCN(c3ccccc3)CC1)(C(=O)O)CC(O)O2. The summed E-state index contributed by atoms with van der Waals surface area (Å²) in [5.74, 6) is -0.488. The lowest BCUT2D eigenvalue weighted by molar-refractivity contribution is -0.146. The number of carboxylic acids is 1. The number of nitrogens with zero attached hydrogens (tertiary/aromatic N) is 2. The highest BCUT2D eigenvalue weighted by Gasteiger charge is 2.47. The molecule has 0 bridgehead atoms. The number of methoxy groups -OCH3 is 1. The number of thioether (sulfide) groups is 1. The normalized spacial score (nSPS) is 23.0. The van der Waals surface area contributed by atoms with Gasteiger partial charge in [0.25, 0.3) is 0 Å². The fourth-order valence-corrected chi connectivity index (χ4v) is 5.36. The van der Waals surface area contributed by atoms with E-state index in [9.17, 15) is 19.8 Å². The Bertz CT molecular complexity index is 980. The summed E-state index contributed by atoms with van der Waals surface area (Å²) in [6, 6.07) is 15.0. The molecule has 0 saturated carbocycles. The second-order valence-corrected chi connectivity index (χ2v) is 9.30. The molecule has 2 heterocycles. The van der Waals surface area contributed by atoms with E-state index in [1.807, 2.05) is 30.3 Å². The van der Waals surface area contributed by atoms with Crippen molar-refractivity contribution in [3.63, 3.8) is 0 Å². The highest BCUT2D eigenvalue weighted by molar-refractivity contribution is 8.01. The van der Waals surface area contributed by atoms with Crippen LogP contribution in [0.5, 0.6) is 11.5 Å². The van der Waals surface area contributed by atoms with E-state index in [1.165, 1.54) is 7.11 Å². The van der Waals surface area contributed by atoms with Crippen molar-refractivity contribution in [2.75, 3.05) is 38.2 Å². The van der Waals surface area contributed by atoms with Crippen LogP contribution in [-0.4, -0.2) is 71.3 Å². The molecule has 2 aliphatic heterocycles. The zero-order chi connectivity index (χ0) is 22.7. The molecule has 8 nitrogen and oxygen atoms in total. The number of hydrogen-bond donors (Lipinski definition) is 2. The fourth-order valence-electron chi connectivity index (χ4n) is 4.04. The third-order valence-electron chi connectivity index (χ3n) is 5.80. The number of carbonyl (C=O) groups excluding carboxylic acids is 1. The summed E-state index contributed by atoms with van der Waals surface area (Å²) in [5.41, 5.74) is 1.10. The van der Waals surface area contributed by atoms with Gasteiger partial charge in [-0.1, -0.05) is 18.2 Å². The number of anilines is 1. The van der Waals surface area contributed by atoms with E-state index in [-0.39, 0.29) is 18.7 Å². The van der Waals surface area contributed by atoms with Gasteiger partial charge in [0.15, 0.2) is 6.29 Å². The molecule has 4 rings (SSSR count). The van der Waals surface area contributed by atoms with Crippen LogP contribution < -0.4 is 14.4 Å². The van der Waals surface area contributed by atoms with Crippen molar-refractivity contribution in [2.45, 2.75) is 28.8 Å². The molecule has 2 aliphatic rings. The van der Waals surface area contributed by atoms with E-state index < -0.39 is 17.0 Å². The lowest BCUT2D eigenvalue weighted by Gasteiger charge is -2.37. The number of fused-ring (bicyclic) bond motifs is 1. The highest BCUT2D eigenvalue weighted by Crippen LogP contribution is 2.48. The van der Waals surface area contributed by atoms with E-state index in [0.717, 1.165) is 17.4 Å². The molecule has 2 atom stereocenters. The molecule has 170 valence electrons. The summed E-state index contributed by atoms with van der Waals surface area (Å²) >= 11 is 1.03. The van der Waals surface area contributed by atoms with Gasteiger partial charge in [0, 0.05) is 38.3 Å². The number of carboxylic acid groups (broad SMARTS) is 1. The molecule has 1 saturated heterocycles. The number of carbonyl (C=O) groups is 2. The third kappa shape index (κ3) is 4.63. The maximum atomic E-state index is 13.2. The summed E-state index contributed by atoms with van der Waals surface area (Å²) in [5, 5.41) is 20.5. The first kappa shape index (κ1) is 22.3. The lowest BCUT2D eigenvalue weighted by Crippen LogP contribution is -2.51. The zero-order valence-electron chi connectivity index (χ0n) is 17.8. The number of amides is 1. The van der Waals surface area contributed by atoms with Crippen molar-refractivity contribution in [3.8, 4) is 11.5 Å². The number of ether oxygens (including phenoxy) is 2. The van der Waals surface area contributed by atoms with Crippen LogP contribution in [0.1, 0.15) is 12.8 Å². The van der Waals surface area contributed by atoms with Gasteiger partial charge in [-0.2, -0.15) is 0 Å². The molecule has 0 aliphatic carbocycles. The van der Waals surface area contributed by atoms with Crippen LogP contribution in [0.3, 0.4) is 0 Å². The number of piperazine rings is 1. The monoisotopic (exact) mass is 458 g/mol. The van der Waals surface area contributed by atoms with Crippen molar-refractivity contribution >= 4 is 29.3 Å². The van der Waals surface area contributed by atoms with Gasteiger partial charge in [-0.3, -0.25) is 9.59 Å². The summed E-state index contributed by atoms with van der Waals surface area (Å²) in [6.07, 6.45) is -1.79. The topological polar surface area (TPSA) is 99.5 Å². The minimum absolute atomic E-state index is 0.209. The molecular formula is C23H26N2O6S. The predicted octanol–water partition coefficient (Wildman–Crippen LogP) is 2.45. The van der Waals surface area contributed by atoms with Gasteiger partial charge in [0.05, 0.1) is 18.4 Å². The number of hydrogen-bond acceptors (Lipinski definition) is 7. The molecule has 1 amide bonds. The maximum absolute atomic E-state index is 13.2. The van der Waals surface area contributed by atoms with Gasteiger partial charge in [-0.15, -0.1) is 11.8 Å². The fraction of sp³-hybridized carbons (Fsp3) is 0.391. The molecule has 0 spiro atoms. The van der Waals surface area contributed by atoms with Gasteiger partial charge in [-0.25, -0.2) is 0 Å². The summed E-state index contributed by atoms with van der Waals surface area (Å²) in [7, 11) is 1.52. The summed E-state index contributed by atoms with van der Waals surface area (Å²) < 4.78 is 9.23. The van der Waals surface area contributed by atoms with Crippen molar-refractivity contribution in [2.24, 2.45) is 0 Å². The van der Waals surface area contributed by atoms with Crippen molar-refractivity contribution < 1.29 is 29.3 Å². The Morgan fingerprint density at radius 1 is 1.16 bits per heavy atom. The van der Waals surface area contributed by atoms with Crippen LogP contribution in [0.25, 0.3) is 0 Å². The number of para-hydroxylation sites is 1. The summed E-state index contributed by atoms with van der Waals surface area (Å²) in [6.45, 7) is 2.37. The average Bonchev–Trinajstić information content (AvgIpc) is 2.94. The van der Waals surface area contributed by atoms with Gasteiger partial charge in [-0.05, 0) is 30.3 Å². The van der Waals surface area contributed by atoms with Crippen molar-refractivity contribution in [3.05, 3.63) is 48.5 Å². The first-order chi connectivity index (χ1) is 15.4. The minimum atomic E-state index is -1.55. The Kier molecular flexibility index (Phi) is 6.48. The van der Waals surface area contributed by atoms with Gasteiger partial charge >= 0.3 is 5.97 Å². The number of aliphatic hydroxyl groups excluding tert-OH is 1. The van der Waals surface area contributed by atoms with Crippen molar-refractivity contribution in [1.82, 2.24) is 4.90 Å². The Hall–Kier alpha value is -2.91. The van der Waals surface area contributed by atoms with Crippen molar-refractivity contribution in [1.29, 1.82) is 0 Å². The van der Waals surface area contributed by atoms with E-state index in [4.69, 9.17) is 9.47 Å². The first-order valence-corrected chi connectivity index (χ1v) is 11.2. The second kappa shape index (κ2) is 9.30. The molecule has 2 N–H and O–H groups in total. The third-order valence-corrected chi connectivity index (χ3v) is 7.22. The average molecular weight is 459 g/mol. The second-order valence-electron chi connectivity index (χ2n) is 7.87. The first-order valence-electron chi connectivity index (χ1n) is 10.4. The largest absolute Gasteiger partial charge is 0.497 e. The Morgan fingerprint density at radius 2 is 1.88 bits per heavy atom. The molecule has 2 aromatic carbocycles. The van der Waals surface area contributed by atoms with E-state index in [0.29, 0.717) is 42.6 Å². The lowest BCUT2D eigenvalue weighted by atomic mass is 9.98. The Balaban J connectivity index is 1.50. The molecule has 32 heavy (non-hydrogen) atoms. The van der Waals surface area contributed by atoms with Crippen LogP contribution in [0.15, 0.2) is 53.4 Å². The molecule has 2 aromatic rings. The van der Waals surface area contributed by atoms with Gasteiger partial charge < -0.3 is 29.5 Å². The zero-order valence-corrected chi connectivity index (χ0v) is 18.6. The van der Waals surface area contributed by atoms with Crippen LogP contribution in [0.2, 0.25) is 0 Å². The van der Waals surface area contributed by atoms with E-state index in [1.54, 1.807) is 23.1 Å². The standard InChI is InChI=1S/C23H26N2O6S/c1-30-17-7-8-18-19(13-17)32-23(22(28)29,15-21(27)31-18)14-20(26)25-11-9-24(10-12-25)16-5-3-2-4-6-16/h2-8,13,21,27H,9-12,14-15H2,1H3,(H,28,29). The van der Waals surface area contributed by atoms with Crippen LogP contribution in [-0.2, 0) is 9.59 Å². The molecule has 0 aromatic heterocycles. The smallest absolute Gasteiger partial charge is 0.320 e. The number of rotatable bonds is 5. The number of aliphatic carboxylic acids is 1. The number of aliphatic hydroxyl groups is 1. The minimum Gasteiger partial charge on any atom is -0.497 e. The maximum Gasteiger partial charge on any atom is 0.320 e. The molecule has 2 unspecified atom stereocenters. The molecule has 0 radical (unpaired) electrons. The van der Waals surface area contributed by atoms with Gasteiger partial charge in [0.1, 0.15) is 16.2 Å². The van der Waals surface area contributed by atoms with E-state index >= 15 is 0 Å². The predicted molar refractivity (Wildman–Crippen MR) is 120 cm³/mol.